The highest BCUT2D eigenvalue weighted by molar-refractivity contribution is 9.10. The molecule has 0 radical (unpaired) electrons. The molecule has 23 heavy (non-hydrogen) atoms. The lowest BCUT2D eigenvalue weighted by atomic mass is 10.0. The van der Waals surface area contributed by atoms with Gasteiger partial charge in [-0.25, -0.2) is 0 Å². The summed E-state index contributed by atoms with van der Waals surface area (Å²) in [7, 11) is 0. The fraction of sp³-hybridized carbons (Fsp3) is 0.316. The van der Waals surface area contributed by atoms with E-state index in [0.717, 1.165) is 22.9 Å². The summed E-state index contributed by atoms with van der Waals surface area (Å²) < 4.78 is 6.50. The number of halogens is 1. The summed E-state index contributed by atoms with van der Waals surface area (Å²) in [5.74, 6) is 0.567. The fourth-order valence-electron chi connectivity index (χ4n) is 2.37. The van der Waals surface area contributed by atoms with Crippen LogP contribution in [0, 0.1) is 0 Å². The zero-order valence-electron chi connectivity index (χ0n) is 13.5. The summed E-state index contributed by atoms with van der Waals surface area (Å²) in [6, 6.07) is 15.9. The minimum absolute atomic E-state index is 0.00735. The number of carbonyl (C=O) groups excluding carboxylic acids is 1. The van der Waals surface area contributed by atoms with Crippen molar-refractivity contribution in [1.29, 1.82) is 0 Å². The molecule has 0 aliphatic heterocycles. The Balaban J connectivity index is 1.92. The Kier molecular flexibility index (Phi) is 6.66. The van der Waals surface area contributed by atoms with Crippen LogP contribution >= 0.6 is 15.9 Å². The van der Waals surface area contributed by atoms with E-state index in [1.54, 1.807) is 0 Å². The summed E-state index contributed by atoms with van der Waals surface area (Å²) in [5, 5.41) is 3.02. The van der Waals surface area contributed by atoms with Crippen LogP contribution in [0.15, 0.2) is 53.0 Å². The number of amides is 1. The van der Waals surface area contributed by atoms with Gasteiger partial charge in [0, 0.05) is 0 Å². The van der Waals surface area contributed by atoms with Crippen molar-refractivity contribution in [3.05, 3.63) is 64.1 Å². The molecule has 0 fully saturated rings. The van der Waals surface area contributed by atoms with Gasteiger partial charge in [-0.2, -0.15) is 0 Å². The summed E-state index contributed by atoms with van der Waals surface area (Å²) in [4.78, 5) is 12.1. The van der Waals surface area contributed by atoms with Gasteiger partial charge in [-0.3, -0.25) is 4.79 Å². The van der Waals surface area contributed by atoms with Crippen molar-refractivity contribution >= 4 is 21.8 Å². The predicted molar refractivity (Wildman–Crippen MR) is 96.6 cm³/mol. The molecule has 1 atom stereocenters. The molecule has 3 nitrogen and oxygen atoms in total. The van der Waals surface area contributed by atoms with Gasteiger partial charge in [0.1, 0.15) is 5.75 Å². The minimum Gasteiger partial charge on any atom is -0.483 e. The van der Waals surface area contributed by atoms with E-state index >= 15 is 0 Å². The Hall–Kier alpha value is -1.81. The molecule has 0 saturated carbocycles. The number of carbonyl (C=O) groups is 1. The average molecular weight is 376 g/mol. The maximum absolute atomic E-state index is 12.1. The molecule has 2 rings (SSSR count). The van der Waals surface area contributed by atoms with Gasteiger partial charge < -0.3 is 10.1 Å². The number of aryl methyl sites for hydroxylation is 1. The zero-order valence-corrected chi connectivity index (χ0v) is 15.1. The third kappa shape index (κ3) is 5.10. The van der Waals surface area contributed by atoms with Crippen molar-refractivity contribution in [2.24, 2.45) is 0 Å². The number of ether oxygens (including phenoxy) is 1. The Labute approximate surface area is 146 Å². The molecule has 0 aliphatic rings. The molecule has 0 unspecified atom stereocenters. The molecule has 0 aromatic heterocycles. The monoisotopic (exact) mass is 375 g/mol. The number of benzene rings is 2. The van der Waals surface area contributed by atoms with Gasteiger partial charge in [0.15, 0.2) is 6.61 Å². The molecule has 0 bridgehead atoms. The van der Waals surface area contributed by atoms with E-state index in [1.807, 2.05) is 48.5 Å². The van der Waals surface area contributed by atoms with E-state index in [2.05, 4.69) is 35.1 Å². The maximum Gasteiger partial charge on any atom is 0.258 e. The smallest absolute Gasteiger partial charge is 0.258 e. The molecule has 0 heterocycles. The van der Waals surface area contributed by atoms with Crippen LogP contribution < -0.4 is 10.1 Å². The van der Waals surface area contributed by atoms with Crippen LogP contribution in [0.4, 0.5) is 0 Å². The van der Waals surface area contributed by atoms with Crippen LogP contribution in [0.1, 0.15) is 37.4 Å². The van der Waals surface area contributed by atoms with Crippen LogP contribution in [-0.2, 0) is 11.2 Å². The highest BCUT2D eigenvalue weighted by Crippen LogP contribution is 2.26. The Morgan fingerprint density at radius 2 is 1.91 bits per heavy atom. The van der Waals surface area contributed by atoms with E-state index in [1.165, 1.54) is 5.56 Å². The molecule has 2 aromatic carbocycles. The van der Waals surface area contributed by atoms with E-state index in [-0.39, 0.29) is 18.6 Å². The summed E-state index contributed by atoms with van der Waals surface area (Å²) >= 11 is 3.48. The van der Waals surface area contributed by atoms with Gasteiger partial charge in [-0.05, 0) is 52.0 Å². The fourth-order valence-corrected chi connectivity index (χ4v) is 2.91. The first-order chi connectivity index (χ1) is 11.1. The second-order valence-corrected chi connectivity index (χ2v) is 6.20. The molecular formula is C19H22BrNO2. The molecule has 0 aliphatic carbocycles. The van der Waals surface area contributed by atoms with E-state index in [4.69, 9.17) is 4.74 Å². The van der Waals surface area contributed by atoms with E-state index in [9.17, 15) is 4.79 Å². The lowest BCUT2D eigenvalue weighted by molar-refractivity contribution is -0.123. The van der Waals surface area contributed by atoms with Crippen LogP contribution in [0.3, 0.4) is 0 Å². The SMILES string of the molecule is CCc1ccc(OCC(=O)N[C@H](CC)c2ccccc2)c(Br)c1. The van der Waals surface area contributed by atoms with E-state index in [0.29, 0.717) is 5.75 Å². The van der Waals surface area contributed by atoms with E-state index < -0.39 is 0 Å². The first-order valence-corrected chi connectivity index (χ1v) is 8.68. The molecular weight excluding hydrogens is 354 g/mol. The lowest BCUT2D eigenvalue weighted by Gasteiger charge is -2.18. The number of hydrogen-bond donors (Lipinski definition) is 1. The standard InChI is InChI=1S/C19H22BrNO2/c1-3-14-10-11-18(16(20)12-14)23-13-19(22)21-17(4-2)15-8-6-5-7-9-15/h5-12,17H,3-4,13H2,1-2H3,(H,21,22)/t17-/m1/s1. The van der Waals surface area contributed by atoms with Gasteiger partial charge >= 0.3 is 0 Å². The Morgan fingerprint density at radius 3 is 2.52 bits per heavy atom. The van der Waals surface area contributed by atoms with Crippen molar-refractivity contribution in [1.82, 2.24) is 5.32 Å². The van der Waals surface area contributed by atoms with Gasteiger partial charge in [0.05, 0.1) is 10.5 Å². The maximum atomic E-state index is 12.1. The van der Waals surface area contributed by atoms with Crippen molar-refractivity contribution in [2.45, 2.75) is 32.7 Å². The summed E-state index contributed by atoms with van der Waals surface area (Å²) in [6.07, 6.45) is 1.80. The number of nitrogens with one attached hydrogen (secondary N) is 1. The second-order valence-electron chi connectivity index (χ2n) is 5.35. The lowest BCUT2D eigenvalue weighted by Crippen LogP contribution is -2.32. The highest BCUT2D eigenvalue weighted by Gasteiger charge is 2.13. The molecule has 2 aromatic rings. The van der Waals surface area contributed by atoms with Crippen molar-refractivity contribution in [3.8, 4) is 5.75 Å². The molecule has 4 heteroatoms. The highest BCUT2D eigenvalue weighted by atomic mass is 79.9. The molecule has 1 N–H and O–H groups in total. The largest absolute Gasteiger partial charge is 0.483 e. The van der Waals surface area contributed by atoms with Crippen LogP contribution in [-0.4, -0.2) is 12.5 Å². The van der Waals surface area contributed by atoms with Crippen LogP contribution in [0.25, 0.3) is 0 Å². The molecule has 1 amide bonds. The van der Waals surface area contributed by atoms with Crippen LogP contribution in [0.2, 0.25) is 0 Å². The molecule has 122 valence electrons. The van der Waals surface area contributed by atoms with Crippen LogP contribution in [0.5, 0.6) is 5.75 Å². The first-order valence-electron chi connectivity index (χ1n) is 7.89. The number of hydrogen-bond acceptors (Lipinski definition) is 2. The normalized spacial score (nSPS) is 11.8. The van der Waals surface area contributed by atoms with Crippen molar-refractivity contribution < 1.29 is 9.53 Å². The second kappa shape index (κ2) is 8.73. The third-order valence-corrected chi connectivity index (χ3v) is 4.33. The van der Waals surface area contributed by atoms with Crippen molar-refractivity contribution in [3.63, 3.8) is 0 Å². The number of rotatable bonds is 7. The Morgan fingerprint density at radius 1 is 1.17 bits per heavy atom. The molecule has 0 spiro atoms. The quantitative estimate of drug-likeness (QED) is 0.764. The molecule has 0 saturated heterocycles. The first kappa shape index (κ1) is 17.5. The third-order valence-electron chi connectivity index (χ3n) is 3.71. The zero-order chi connectivity index (χ0) is 16.7. The van der Waals surface area contributed by atoms with Gasteiger partial charge in [-0.1, -0.05) is 50.2 Å². The Bertz CT molecular complexity index is 643. The summed E-state index contributed by atoms with van der Waals surface area (Å²) in [6.45, 7) is 4.16. The summed E-state index contributed by atoms with van der Waals surface area (Å²) in [5.41, 5.74) is 2.33. The van der Waals surface area contributed by atoms with Crippen molar-refractivity contribution in [2.75, 3.05) is 6.61 Å². The van der Waals surface area contributed by atoms with Gasteiger partial charge in [0.2, 0.25) is 0 Å². The predicted octanol–water partition coefficient (Wildman–Crippen LogP) is 4.66. The topological polar surface area (TPSA) is 38.3 Å². The van der Waals surface area contributed by atoms with Gasteiger partial charge in [-0.15, -0.1) is 0 Å². The van der Waals surface area contributed by atoms with Gasteiger partial charge in [0.25, 0.3) is 5.91 Å². The average Bonchev–Trinajstić information content (AvgIpc) is 2.59. The minimum atomic E-state index is -0.118.